The van der Waals surface area contributed by atoms with Crippen LogP contribution in [0.25, 0.3) is 16.3 Å². The molecule has 0 unspecified atom stereocenters. The number of amides is 1. The number of guanidine groups is 1. The molecule has 2 atom stereocenters. The molecule has 0 spiro atoms. The van der Waals surface area contributed by atoms with Crippen LogP contribution >= 0.6 is 11.3 Å². The maximum absolute atomic E-state index is 12.3. The van der Waals surface area contributed by atoms with Crippen LogP contribution in [0.5, 0.6) is 0 Å². The molecule has 1 aliphatic heterocycles. The third-order valence-corrected chi connectivity index (χ3v) is 5.62. The van der Waals surface area contributed by atoms with Crippen molar-refractivity contribution in [3.63, 3.8) is 0 Å². The Balaban J connectivity index is 1.42. The van der Waals surface area contributed by atoms with Gasteiger partial charge in [0.25, 0.3) is 5.91 Å². The summed E-state index contributed by atoms with van der Waals surface area (Å²) in [5, 5.41) is 16.1. The molecule has 1 aromatic heterocycles. The molecule has 27 heavy (non-hydrogen) atoms. The van der Waals surface area contributed by atoms with Crippen molar-refractivity contribution in [3.8, 4) is 0 Å². The summed E-state index contributed by atoms with van der Waals surface area (Å²) in [5.74, 6) is 0.129. The number of rotatable bonds is 2. The van der Waals surface area contributed by atoms with Crippen LogP contribution < -0.4 is 10.6 Å². The topological polar surface area (TPSA) is 86.6 Å². The molecule has 0 bridgehead atoms. The third-order valence-electron chi connectivity index (χ3n) is 4.83. The largest absolute Gasteiger partial charge is 0.390 e. The van der Waals surface area contributed by atoms with Gasteiger partial charge in [0.05, 0.1) is 21.8 Å². The molecule has 0 saturated carbocycles. The highest BCUT2D eigenvalue weighted by molar-refractivity contribution is 7.16. The Morgan fingerprint density at radius 3 is 3.04 bits per heavy atom. The van der Waals surface area contributed by atoms with Gasteiger partial charge in [-0.3, -0.25) is 10.1 Å². The minimum absolute atomic E-state index is 0.237. The van der Waals surface area contributed by atoms with Crippen LogP contribution in [0.4, 0.5) is 0 Å². The molecule has 1 saturated heterocycles. The Morgan fingerprint density at radius 2 is 2.11 bits per heavy atom. The molecule has 1 amide bonds. The van der Waals surface area contributed by atoms with E-state index in [2.05, 4.69) is 20.6 Å². The van der Waals surface area contributed by atoms with Gasteiger partial charge in [0, 0.05) is 6.42 Å². The van der Waals surface area contributed by atoms with Crippen LogP contribution in [0.2, 0.25) is 0 Å². The van der Waals surface area contributed by atoms with Gasteiger partial charge in [0.1, 0.15) is 11.7 Å². The van der Waals surface area contributed by atoms with E-state index in [4.69, 9.17) is 0 Å². The average Bonchev–Trinajstić information content (AvgIpc) is 3.34. The van der Waals surface area contributed by atoms with Gasteiger partial charge in [0.2, 0.25) is 5.96 Å². The molecule has 2 aliphatic rings. The highest BCUT2D eigenvalue weighted by Gasteiger charge is 2.32. The normalized spacial score (nSPS) is 24.4. The molecule has 3 N–H and O–H groups in total. The zero-order valence-electron chi connectivity index (χ0n) is 14.2. The number of carbonyl (C=O) groups is 1. The fourth-order valence-electron chi connectivity index (χ4n) is 3.53. The summed E-state index contributed by atoms with van der Waals surface area (Å²) in [6.07, 6.45) is 1.77. The first-order chi connectivity index (χ1) is 13.2. The van der Waals surface area contributed by atoms with Crippen molar-refractivity contribution >= 4 is 39.5 Å². The number of aliphatic hydroxyl groups excluding tert-OH is 1. The Bertz CT molecular complexity index is 1120. The van der Waals surface area contributed by atoms with Crippen molar-refractivity contribution in [3.05, 3.63) is 70.4 Å². The zero-order valence-corrected chi connectivity index (χ0v) is 15.0. The van der Waals surface area contributed by atoms with Crippen LogP contribution in [0.3, 0.4) is 0 Å². The predicted molar refractivity (Wildman–Crippen MR) is 105 cm³/mol. The highest BCUT2D eigenvalue weighted by Crippen LogP contribution is 2.34. The lowest BCUT2D eigenvalue weighted by Crippen LogP contribution is -2.27. The molecular formula is C20H16N4O2S. The minimum Gasteiger partial charge on any atom is -0.390 e. The number of aliphatic imine (C=N–C) groups is 1. The molecule has 2 heterocycles. The maximum atomic E-state index is 12.3. The van der Waals surface area contributed by atoms with Crippen molar-refractivity contribution < 1.29 is 9.90 Å². The molecule has 1 aliphatic carbocycles. The van der Waals surface area contributed by atoms with Gasteiger partial charge in [0.15, 0.2) is 0 Å². The minimum atomic E-state index is -0.588. The molecule has 6 nitrogen and oxygen atoms in total. The molecule has 5 rings (SSSR count). The molecule has 7 heteroatoms. The Labute approximate surface area is 159 Å². The SMILES string of the molecule is O=C1NC(=N[C@H]2c3ccccc3C[C@@H]2O)N/C1=C\c1ccc2ncsc2c1. The Hall–Kier alpha value is -3.03. The van der Waals surface area contributed by atoms with E-state index in [-0.39, 0.29) is 11.9 Å². The van der Waals surface area contributed by atoms with Gasteiger partial charge in [-0.25, -0.2) is 9.98 Å². The lowest BCUT2D eigenvalue weighted by Gasteiger charge is -2.11. The second-order valence-corrected chi connectivity index (χ2v) is 7.50. The monoisotopic (exact) mass is 376 g/mol. The first-order valence-corrected chi connectivity index (χ1v) is 9.52. The second kappa shape index (κ2) is 6.29. The number of thiazole rings is 1. The number of aromatic nitrogens is 1. The van der Waals surface area contributed by atoms with Crippen molar-refractivity contribution in [1.29, 1.82) is 0 Å². The first-order valence-electron chi connectivity index (χ1n) is 8.64. The standard InChI is InChI=1S/C20H16N4O2S/c25-16-9-12-3-1-2-4-13(12)18(16)23-20-22-15(19(26)24-20)7-11-5-6-14-17(8-11)27-10-21-14/h1-8,10,16,18,25H,9H2,(H2,22,23,24,26)/b15-7-/t16-,18-/m0/s1. The number of carbonyl (C=O) groups excluding carboxylic acids is 1. The lowest BCUT2D eigenvalue weighted by molar-refractivity contribution is -0.115. The molecule has 3 aromatic rings. The lowest BCUT2D eigenvalue weighted by atomic mass is 10.1. The summed E-state index contributed by atoms with van der Waals surface area (Å²) in [7, 11) is 0. The van der Waals surface area contributed by atoms with Crippen molar-refractivity contribution in [2.75, 3.05) is 0 Å². The van der Waals surface area contributed by atoms with E-state index in [0.29, 0.717) is 18.1 Å². The number of hydrogen-bond donors (Lipinski definition) is 3. The zero-order chi connectivity index (χ0) is 18.4. The Morgan fingerprint density at radius 1 is 1.22 bits per heavy atom. The molecule has 0 radical (unpaired) electrons. The van der Waals surface area contributed by atoms with E-state index >= 15 is 0 Å². The average molecular weight is 376 g/mol. The summed E-state index contributed by atoms with van der Waals surface area (Å²) in [6.45, 7) is 0. The number of hydrogen-bond acceptors (Lipinski definition) is 5. The quantitative estimate of drug-likeness (QED) is 0.600. The molecular weight excluding hydrogens is 360 g/mol. The van der Waals surface area contributed by atoms with E-state index in [1.807, 2.05) is 42.5 Å². The van der Waals surface area contributed by atoms with Gasteiger partial charge in [-0.05, 0) is 34.9 Å². The molecule has 1 fully saturated rings. The number of fused-ring (bicyclic) bond motifs is 2. The third kappa shape index (κ3) is 2.90. The smallest absolute Gasteiger partial charge is 0.274 e. The fraction of sp³-hybridized carbons (Fsp3) is 0.150. The number of nitrogens with one attached hydrogen (secondary N) is 2. The van der Waals surface area contributed by atoms with Gasteiger partial charge in [-0.15, -0.1) is 11.3 Å². The Kier molecular flexibility index (Phi) is 3.77. The van der Waals surface area contributed by atoms with Gasteiger partial charge < -0.3 is 10.4 Å². The van der Waals surface area contributed by atoms with E-state index in [1.54, 1.807) is 22.9 Å². The van der Waals surface area contributed by atoms with E-state index < -0.39 is 6.10 Å². The van der Waals surface area contributed by atoms with Crippen LogP contribution in [0.1, 0.15) is 22.7 Å². The van der Waals surface area contributed by atoms with Crippen LogP contribution in [0.15, 0.2) is 58.7 Å². The maximum Gasteiger partial charge on any atom is 0.274 e. The van der Waals surface area contributed by atoms with Crippen molar-refractivity contribution in [1.82, 2.24) is 15.6 Å². The van der Waals surface area contributed by atoms with Crippen molar-refractivity contribution in [2.45, 2.75) is 18.6 Å². The van der Waals surface area contributed by atoms with Gasteiger partial charge >= 0.3 is 0 Å². The first kappa shape index (κ1) is 16.2. The van der Waals surface area contributed by atoms with Crippen LogP contribution in [-0.4, -0.2) is 28.1 Å². The van der Waals surface area contributed by atoms with Gasteiger partial charge in [-0.2, -0.15) is 0 Å². The van der Waals surface area contributed by atoms with Crippen molar-refractivity contribution in [2.24, 2.45) is 4.99 Å². The molecule has 134 valence electrons. The summed E-state index contributed by atoms with van der Waals surface area (Å²) < 4.78 is 1.07. The van der Waals surface area contributed by atoms with E-state index in [0.717, 1.165) is 26.9 Å². The van der Waals surface area contributed by atoms with E-state index in [1.165, 1.54) is 0 Å². The van der Waals surface area contributed by atoms with Crippen LogP contribution in [-0.2, 0) is 11.2 Å². The number of aliphatic hydroxyl groups is 1. The summed E-state index contributed by atoms with van der Waals surface area (Å²) >= 11 is 1.56. The molecule has 2 aromatic carbocycles. The summed E-state index contributed by atoms with van der Waals surface area (Å²) in [6, 6.07) is 13.3. The number of nitrogens with zero attached hydrogens (tertiary/aromatic N) is 2. The second-order valence-electron chi connectivity index (χ2n) is 6.61. The fourth-order valence-corrected chi connectivity index (χ4v) is 4.26. The predicted octanol–water partition coefficient (Wildman–Crippen LogP) is 2.37. The van der Waals surface area contributed by atoms with Gasteiger partial charge in [-0.1, -0.05) is 30.3 Å². The van der Waals surface area contributed by atoms with E-state index in [9.17, 15) is 9.90 Å². The number of benzene rings is 2. The highest BCUT2D eigenvalue weighted by atomic mass is 32.1. The van der Waals surface area contributed by atoms with Crippen LogP contribution in [0, 0.1) is 0 Å². The summed E-state index contributed by atoms with van der Waals surface area (Å²) in [4.78, 5) is 21.1. The summed E-state index contributed by atoms with van der Waals surface area (Å²) in [5.41, 5.74) is 6.19.